The maximum Gasteiger partial charge on any atom is 0.215 e. The number of aliphatic imine (C=N–C) groups is 1. The number of carbonyl (C=O) groups is 1. The number of fused-ring (bicyclic) bond motifs is 2. The molecule has 5 heteroatoms. The smallest absolute Gasteiger partial charge is 0.215 e. The van der Waals surface area contributed by atoms with E-state index >= 15 is 0 Å². The zero-order chi connectivity index (χ0) is 14.6. The van der Waals surface area contributed by atoms with Gasteiger partial charge in [0.2, 0.25) is 5.78 Å². The zero-order valence-electron chi connectivity index (χ0n) is 10.7. The predicted octanol–water partition coefficient (Wildman–Crippen LogP) is 3.95. The fraction of sp³-hybridized carbons (Fsp3) is 0. The Kier molecular flexibility index (Phi) is 2.53. The fourth-order valence-electron chi connectivity index (χ4n) is 2.57. The molecule has 0 radical (unpaired) electrons. The highest BCUT2D eigenvalue weighted by atomic mass is 79.9. The van der Waals surface area contributed by atoms with Gasteiger partial charge in [-0.3, -0.25) is 4.79 Å². The molecule has 21 heavy (non-hydrogen) atoms. The molecule has 4 nitrogen and oxygen atoms in total. The summed E-state index contributed by atoms with van der Waals surface area (Å²) in [5, 5.41) is 11.0. The van der Waals surface area contributed by atoms with Gasteiger partial charge in [0.05, 0.1) is 11.2 Å². The summed E-state index contributed by atoms with van der Waals surface area (Å²) in [7, 11) is 0. The highest BCUT2D eigenvalue weighted by molar-refractivity contribution is 9.10. The first-order valence-electron chi connectivity index (χ1n) is 6.39. The van der Waals surface area contributed by atoms with Gasteiger partial charge in [0.25, 0.3) is 0 Å². The van der Waals surface area contributed by atoms with Gasteiger partial charge in [0.15, 0.2) is 5.75 Å². The molecule has 1 aromatic heterocycles. The first-order chi connectivity index (χ1) is 10.2. The van der Waals surface area contributed by atoms with Crippen molar-refractivity contribution in [2.45, 2.75) is 0 Å². The van der Waals surface area contributed by atoms with Crippen molar-refractivity contribution in [2.75, 3.05) is 0 Å². The molecule has 2 heterocycles. The Morgan fingerprint density at radius 3 is 2.67 bits per heavy atom. The molecule has 0 fully saturated rings. The van der Waals surface area contributed by atoms with Crippen molar-refractivity contribution in [3.8, 4) is 5.75 Å². The van der Waals surface area contributed by atoms with Crippen molar-refractivity contribution < 1.29 is 9.90 Å². The van der Waals surface area contributed by atoms with Crippen LogP contribution in [0.4, 0.5) is 5.69 Å². The molecule has 3 aromatic rings. The molecule has 102 valence electrons. The van der Waals surface area contributed by atoms with Gasteiger partial charge in [0, 0.05) is 15.4 Å². The minimum atomic E-state index is -0.177. The van der Waals surface area contributed by atoms with Crippen LogP contribution in [0.5, 0.6) is 5.75 Å². The molecular weight excluding hydrogens is 332 g/mol. The lowest BCUT2D eigenvalue weighted by Gasteiger charge is -1.96. The predicted molar refractivity (Wildman–Crippen MR) is 84.6 cm³/mol. The molecule has 0 saturated carbocycles. The van der Waals surface area contributed by atoms with Gasteiger partial charge in [0.1, 0.15) is 11.4 Å². The topological polar surface area (TPSA) is 65.5 Å². The Morgan fingerprint density at radius 1 is 1.10 bits per heavy atom. The number of aromatic nitrogens is 1. The minimum Gasteiger partial charge on any atom is -0.505 e. The molecule has 0 amide bonds. The van der Waals surface area contributed by atoms with Gasteiger partial charge in [-0.15, -0.1) is 0 Å². The summed E-state index contributed by atoms with van der Waals surface area (Å²) in [5.74, 6) is -0.130. The van der Waals surface area contributed by atoms with E-state index in [-0.39, 0.29) is 17.2 Å². The van der Waals surface area contributed by atoms with Gasteiger partial charge in [-0.25, -0.2) is 4.99 Å². The molecule has 4 rings (SSSR count). The number of hydrogen-bond acceptors (Lipinski definition) is 3. The van der Waals surface area contributed by atoms with E-state index in [1.807, 2.05) is 18.2 Å². The van der Waals surface area contributed by atoms with Crippen LogP contribution in [-0.4, -0.2) is 21.6 Å². The SMILES string of the molecule is O=C1C(c2[nH]c3c(Br)cccc3c2O)=Nc2ccccc21. The monoisotopic (exact) mass is 340 g/mol. The molecule has 2 N–H and O–H groups in total. The summed E-state index contributed by atoms with van der Waals surface area (Å²) in [4.78, 5) is 19.9. The van der Waals surface area contributed by atoms with Gasteiger partial charge in [-0.05, 0) is 40.2 Å². The van der Waals surface area contributed by atoms with Gasteiger partial charge in [-0.1, -0.05) is 18.2 Å². The number of carbonyl (C=O) groups excluding carboxylic acids is 1. The molecule has 0 bridgehead atoms. The van der Waals surface area contributed by atoms with Gasteiger partial charge >= 0.3 is 0 Å². The maximum absolute atomic E-state index is 12.4. The molecule has 0 aliphatic carbocycles. The third-order valence-electron chi connectivity index (χ3n) is 3.59. The number of aromatic hydroxyl groups is 1. The summed E-state index contributed by atoms with van der Waals surface area (Å²) >= 11 is 3.43. The lowest BCUT2D eigenvalue weighted by molar-refractivity contribution is 0.107. The van der Waals surface area contributed by atoms with E-state index in [4.69, 9.17) is 0 Å². The fourth-order valence-corrected chi connectivity index (χ4v) is 3.04. The van der Waals surface area contributed by atoms with E-state index in [1.165, 1.54) is 0 Å². The zero-order valence-corrected chi connectivity index (χ0v) is 12.3. The second-order valence-electron chi connectivity index (χ2n) is 4.82. The summed E-state index contributed by atoms with van der Waals surface area (Å²) in [6.45, 7) is 0. The Labute approximate surface area is 128 Å². The van der Waals surface area contributed by atoms with E-state index in [1.54, 1.807) is 24.3 Å². The number of benzene rings is 2. The number of Topliss-reactive ketones (excluding diaryl/α,β-unsaturated/α-hetero) is 1. The average Bonchev–Trinajstić information content (AvgIpc) is 3.00. The lowest BCUT2D eigenvalue weighted by Crippen LogP contribution is -2.11. The number of rotatable bonds is 1. The Balaban J connectivity index is 1.95. The maximum atomic E-state index is 12.4. The number of halogens is 1. The summed E-state index contributed by atoms with van der Waals surface area (Å²) in [6, 6.07) is 12.7. The van der Waals surface area contributed by atoms with Crippen molar-refractivity contribution in [3.05, 3.63) is 58.2 Å². The number of H-pyrrole nitrogens is 1. The Morgan fingerprint density at radius 2 is 1.90 bits per heavy atom. The first-order valence-corrected chi connectivity index (χ1v) is 7.18. The number of nitrogens with zero attached hydrogens (tertiary/aromatic N) is 1. The van der Waals surface area contributed by atoms with E-state index in [0.717, 1.165) is 9.99 Å². The molecule has 2 aromatic carbocycles. The molecule has 0 saturated heterocycles. The molecule has 0 spiro atoms. The largest absolute Gasteiger partial charge is 0.505 e. The Bertz CT molecular complexity index is 941. The quantitative estimate of drug-likeness (QED) is 0.704. The van der Waals surface area contributed by atoms with Crippen LogP contribution in [0.25, 0.3) is 10.9 Å². The third kappa shape index (κ3) is 1.67. The Hall–Kier alpha value is -2.40. The highest BCUT2D eigenvalue weighted by Gasteiger charge is 2.29. The van der Waals surface area contributed by atoms with Crippen LogP contribution in [-0.2, 0) is 0 Å². The van der Waals surface area contributed by atoms with Crippen molar-refractivity contribution in [1.29, 1.82) is 0 Å². The minimum absolute atomic E-state index is 0.0474. The van der Waals surface area contributed by atoms with Gasteiger partial charge in [-0.2, -0.15) is 0 Å². The molecule has 1 aliphatic heterocycles. The first kappa shape index (κ1) is 12.3. The third-order valence-corrected chi connectivity index (χ3v) is 4.25. The number of nitrogens with one attached hydrogen (secondary N) is 1. The van der Waals surface area contributed by atoms with Crippen LogP contribution < -0.4 is 0 Å². The normalized spacial score (nSPS) is 13.6. The standard InChI is InChI=1S/C16H9BrN2O2/c17-10-6-3-5-9-12(10)19-14(16(9)21)13-15(20)8-4-1-2-7-11(8)18-13/h1-7,19,21H. The van der Waals surface area contributed by atoms with E-state index < -0.39 is 0 Å². The van der Waals surface area contributed by atoms with Gasteiger partial charge < -0.3 is 10.1 Å². The highest BCUT2D eigenvalue weighted by Crippen LogP contribution is 2.36. The molecule has 1 aliphatic rings. The number of hydrogen-bond donors (Lipinski definition) is 2. The number of aromatic amines is 1. The molecular formula is C16H9BrN2O2. The van der Waals surface area contributed by atoms with Crippen LogP contribution in [0.3, 0.4) is 0 Å². The van der Waals surface area contributed by atoms with E-state index in [0.29, 0.717) is 22.3 Å². The van der Waals surface area contributed by atoms with Crippen molar-refractivity contribution >= 4 is 44.0 Å². The van der Waals surface area contributed by atoms with Crippen LogP contribution >= 0.6 is 15.9 Å². The summed E-state index contributed by atoms with van der Waals surface area (Å²) in [6.07, 6.45) is 0. The number of para-hydroxylation sites is 2. The molecule has 0 unspecified atom stereocenters. The van der Waals surface area contributed by atoms with Crippen molar-refractivity contribution in [1.82, 2.24) is 4.98 Å². The lowest BCUT2D eigenvalue weighted by atomic mass is 10.1. The average molecular weight is 341 g/mol. The van der Waals surface area contributed by atoms with Crippen LogP contribution in [0.1, 0.15) is 16.1 Å². The van der Waals surface area contributed by atoms with Crippen molar-refractivity contribution in [3.63, 3.8) is 0 Å². The summed E-state index contributed by atoms with van der Waals surface area (Å²) in [5.41, 5.74) is 2.55. The molecule has 0 atom stereocenters. The second kappa shape index (κ2) is 4.30. The second-order valence-corrected chi connectivity index (χ2v) is 5.67. The van der Waals surface area contributed by atoms with E-state index in [2.05, 4.69) is 25.9 Å². The van der Waals surface area contributed by atoms with Crippen molar-refractivity contribution in [2.24, 2.45) is 4.99 Å². The summed E-state index contributed by atoms with van der Waals surface area (Å²) < 4.78 is 0.824. The number of ketones is 1. The van der Waals surface area contributed by atoms with E-state index in [9.17, 15) is 9.90 Å². The van der Waals surface area contributed by atoms with Crippen LogP contribution in [0, 0.1) is 0 Å². The van der Waals surface area contributed by atoms with Crippen LogP contribution in [0.2, 0.25) is 0 Å². The van der Waals surface area contributed by atoms with Crippen LogP contribution in [0.15, 0.2) is 51.9 Å².